The van der Waals surface area contributed by atoms with Crippen LogP contribution < -0.4 is 0 Å². The number of hydrogen-bond acceptors (Lipinski definition) is 15. The third kappa shape index (κ3) is 81.1. The lowest BCUT2D eigenvalue weighted by molar-refractivity contribution is -0.161. The van der Waals surface area contributed by atoms with Crippen LogP contribution in [0.5, 0.6) is 0 Å². The predicted molar refractivity (Wildman–Crippen MR) is 463 cm³/mol. The van der Waals surface area contributed by atoms with Crippen LogP contribution in [-0.4, -0.2) is 96.7 Å². The van der Waals surface area contributed by atoms with Crippen LogP contribution >= 0.6 is 15.6 Å². The number of phosphoric ester groups is 2. The van der Waals surface area contributed by atoms with E-state index in [2.05, 4.69) is 228 Å². The molecule has 5 atom stereocenters. The van der Waals surface area contributed by atoms with Crippen molar-refractivity contribution >= 4 is 39.5 Å². The molecule has 0 aliphatic heterocycles. The minimum absolute atomic E-state index is 0.0210. The van der Waals surface area contributed by atoms with Crippen molar-refractivity contribution < 1.29 is 80.2 Å². The molecule has 17 nitrogen and oxygen atoms in total. The second-order valence-electron chi connectivity index (χ2n) is 26.5. The number of allylic oxidation sites excluding steroid dienone is 38. The number of unbranched alkanes of at least 4 members (excludes halogenated alkanes) is 11. The average Bonchev–Trinajstić information content (AvgIpc) is 0.898. The van der Waals surface area contributed by atoms with E-state index in [9.17, 15) is 43.2 Å². The molecule has 5 unspecified atom stereocenters. The van der Waals surface area contributed by atoms with E-state index in [1.54, 1.807) is 0 Å². The second kappa shape index (κ2) is 82.1. The molecular formula is C93H144O17P2. The summed E-state index contributed by atoms with van der Waals surface area (Å²) in [6, 6.07) is 0. The molecule has 3 N–H and O–H groups in total. The van der Waals surface area contributed by atoms with Gasteiger partial charge in [-0.25, -0.2) is 9.13 Å². The molecule has 0 aromatic heterocycles. The van der Waals surface area contributed by atoms with Crippen molar-refractivity contribution in [3.63, 3.8) is 0 Å². The van der Waals surface area contributed by atoms with Crippen LogP contribution in [0, 0.1) is 0 Å². The van der Waals surface area contributed by atoms with Gasteiger partial charge in [-0.15, -0.1) is 0 Å². The number of phosphoric acid groups is 2. The first-order valence-corrected chi connectivity index (χ1v) is 44.6. The maximum absolute atomic E-state index is 13.1. The van der Waals surface area contributed by atoms with Crippen LogP contribution in [0.3, 0.4) is 0 Å². The molecule has 0 saturated carbocycles. The zero-order valence-electron chi connectivity index (χ0n) is 68.7. The molecule has 0 bridgehead atoms. The first kappa shape index (κ1) is 105. The highest BCUT2D eigenvalue weighted by molar-refractivity contribution is 7.47. The lowest BCUT2D eigenvalue weighted by Crippen LogP contribution is -2.30. The van der Waals surface area contributed by atoms with E-state index in [0.29, 0.717) is 38.5 Å². The summed E-state index contributed by atoms with van der Waals surface area (Å²) in [5.41, 5.74) is 0. The summed E-state index contributed by atoms with van der Waals surface area (Å²) in [6.07, 6.45) is 106. The van der Waals surface area contributed by atoms with Gasteiger partial charge in [0.2, 0.25) is 0 Å². The molecule has 628 valence electrons. The molecule has 0 fully saturated rings. The fourth-order valence-electron chi connectivity index (χ4n) is 9.97. The van der Waals surface area contributed by atoms with Gasteiger partial charge in [0.1, 0.15) is 19.3 Å². The summed E-state index contributed by atoms with van der Waals surface area (Å²) in [5.74, 6) is -2.41. The van der Waals surface area contributed by atoms with Crippen molar-refractivity contribution in [1.29, 1.82) is 0 Å². The Hall–Kier alpha value is -6.88. The molecular weight excluding hydrogens is 1450 g/mol. The van der Waals surface area contributed by atoms with Gasteiger partial charge >= 0.3 is 39.5 Å². The third-order valence-electron chi connectivity index (χ3n) is 16.1. The number of esters is 4. The minimum Gasteiger partial charge on any atom is -0.462 e. The first-order chi connectivity index (χ1) is 54.7. The maximum Gasteiger partial charge on any atom is 0.472 e. The summed E-state index contributed by atoms with van der Waals surface area (Å²) in [6.45, 7) is 4.19. The predicted octanol–water partition coefficient (Wildman–Crippen LogP) is 25.0. The van der Waals surface area contributed by atoms with E-state index in [0.717, 1.165) is 180 Å². The lowest BCUT2D eigenvalue weighted by Gasteiger charge is -2.21. The maximum atomic E-state index is 13.1. The minimum atomic E-state index is -5.02. The van der Waals surface area contributed by atoms with Crippen LogP contribution in [0.2, 0.25) is 0 Å². The van der Waals surface area contributed by atoms with Crippen molar-refractivity contribution in [2.75, 3.05) is 39.6 Å². The number of aliphatic hydroxyl groups excluding tert-OH is 1. The first-order valence-electron chi connectivity index (χ1n) is 41.6. The van der Waals surface area contributed by atoms with E-state index in [1.165, 1.54) is 0 Å². The Labute approximate surface area is 676 Å². The molecule has 0 amide bonds. The molecule has 0 saturated heterocycles. The highest BCUT2D eigenvalue weighted by Gasteiger charge is 2.30. The largest absolute Gasteiger partial charge is 0.472 e. The number of ether oxygens (including phenoxy) is 4. The van der Waals surface area contributed by atoms with Gasteiger partial charge in [0.15, 0.2) is 12.2 Å². The van der Waals surface area contributed by atoms with Gasteiger partial charge in [0.25, 0.3) is 0 Å². The van der Waals surface area contributed by atoms with E-state index >= 15 is 0 Å². The molecule has 112 heavy (non-hydrogen) atoms. The van der Waals surface area contributed by atoms with Crippen LogP contribution in [0.1, 0.15) is 272 Å². The topological polar surface area (TPSA) is 237 Å². The Kier molecular flexibility index (Phi) is 77.1. The molecule has 0 rings (SSSR count). The van der Waals surface area contributed by atoms with E-state index in [1.807, 2.05) is 30.4 Å². The normalized spacial score (nSPS) is 15.0. The van der Waals surface area contributed by atoms with Crippen molar-refractivity contribution in [1.82, 2.24) is 0 Å². The Morgan fingerprint density at radius 2 is 0.464 bits per heavy atom. The van der Waals surface area contributed by atoms with Gasteiger partial charge in [-0.05, 0) is 180 Å². The molecule has 0 aliphatic rings. The summed E-state index contributed by atoms with van der Waals surface area (Å²) in [7, 11) is -10.0. The van der Waals surface area contributed by atoms with Gasteiger partial charge < -0.3 is 33.8 Å². The number of carbonyl (C=O) groups excluding carboxylic acids is 4. The molecule has 0 heterocycles. The van der Waals surface area contributed by atoms with E-state index in [4.69, 9.17) is 37.0 Å². The smallest absolute Gasteiger partial charge is 0.462 e. The van der Waals surface area contributed by atoms with E-state index in [-0.39, 0.29) is 25.7 Å². The quantitative estimate of drug-likeness (QED) is 0.0169. The van der Waals surface area contributed by atoms with Gasteiger partial charge in [0.05, 0.1) is 26.4 Å². The monoisotopic (exact) mass is 1590 g/mol. The average molecular weight is 1600 g/mol. The Morgan fingerprint density at radius 3 is 0.750 bits per heavy atom. The van der Waals surface area contributed by atoms with Crippen LogP contribution in [0.25, 0.3) is 0 Å². The van der Waals surface area contributed by atoms with Crippen molar-refractivity contribution in [3.05, 3.63) is 231 Å². The molecule has 0 spiro atoms. The standard InChI is InChI=1S/C93H144O17P2/c1-5-9-13-17-21-25-29-33-37-41-43-47-50-54-58-62-66-70-74-78-91(96)104-84-89(110-93(98)80-76-72-68-64-60-56-52-48-44-42-38-34-30-26-22-18-14-10-6-2)86-108-112(101,102)106-82-87(94)81-105-111(99,100)107-85-88(109-92(97)79-75-71-67-63-59-55-51-46-40-36-32-28-24-20-16-12-8-4)83-103-90(95)77-73-69-65-61-57-53-49-45-39-35-31-27-23-19-15-11-7-3/h9-16,21-28,33-40,43-44,47-49,51,53-55,58,61,65-66,70,87-89,94H,5-8,17-20,29-32,41-42,45-46,50,52,56-57,59-60,62-64,67-69,71-86H2,1-4H3,(H,99,100)(H,101,102)/b13-9-,14-10-,15-11-,16-12-,25-21-,26-22-,27-23-,28-24-,37-33-,38-34-,39-35-,40-36-,47-43-,48-44-,53-49-,55-51-,58-54-,65-61-,70-66-. The number of rotatable bonds is 75. The highest BCUT2D eigenvalue weighted by Crippen LogP contribution is 2.45. The van der Waals surface area contributed by atoms with Crippen LogP contribution in [-0.2, 0) is 65.4 Å². The zero-order chi connectivity index (χ0) is 81.7. The van der Waals surface area contributed by atoms with Crippen molar-refractivity contribution in [2.45, 2.75) is 290 Å². The van der Waals surface area contributed by atoms with Gasteiger partial charge in [-0.1, -0.05) is 297 Å². The Balaban J connectivity index is 5.57. The summed E-state index contributed by atoms with van der Waals surface area (Å²) < 4.78 is 68.6. The van der Waals surface area contributed by atoms with Gasteiger partial charge in [-0.3, -0.25) is 37.3 Å². The SMILES string of the molecule is CC/C=C\C/C=C\C/C=C\C/C=C\C/C=C\C/C=C\CCC(=O)OCC(COP(=O)(O)OCC(O)COP(=O)(O)OCC(COC(=O)CCC/C=C\C/C=C\C/C=C\C/C=C\C/C=C\CC)OC(=O)CCCCCC/C=C\C/C=C\C/C=C\C/C=C\CC)OC(=O)CCCCCCCC/C=C\C/C=C\C/C=C\C/C=C\CC. The molecule has 0 aliphatic carbocycles. The fourth-order valence-corrected chi connectivity index (χ4v) is 11.5. The second-order valence-corrected chi connectivity index (χ2v) is 29.4. The lowest BCUT2D eigenvalue weighted by atomic mass is 10.1. The number of hydrogen-bond donors (Lipinski definition) is 3. The Bertz CT molecular complexity index is 3040. The van der Waals surface area contributed by atoms with Gasteiger partial charge in [-0.2, -0.15) is 0 Å². The van der Waals surface area contributed by atoms with Crippen LogP contribution in [0.4, 0.5) is 0 Å². The van der Waals surface area contributed by atoms with E-state index < -0.39 is 97.5 Å². The molecule has 19 heteroatoms. The summed E-state index contributed by atoms with van der Waals surface area (Å²) in [5, 5.41) is 10.7. The molecule has 0 aromatic rings. The molecule has 0 aromatic carbocycles. The highest BCUT2D eigenvalue weighted by atomic mass is 31.2. The fraction of sp³-hybridized carbons (Fsp3) is 0.548. The van der Waals surface area contributed by atoms with Gasteiger partial charge in [0, 0.05) is 25.7 Å². The summed E-state index contributed by atoms with van der Waals surface area (Å²) in [4.78, 5) is 73.2. The number of carbonyl (C=O) groups is 4. The van der Waals surface area contributed by atoms with Crippen LogP contribution in [0.15, 0.2) is 231 Å². The Morgan fingerprint density at radius 1 is 0.250 bits per heavy atom. The summed E-state index contributed by atoms with van der Waals surface area (Å²) >= 11 is 0. The van der Waals surface area contributed by atoms with Crippen molar-refractivity contribution in [3.8, 4) is 0 Å². The third-order valence-corrected chi connectivity index (χ3v) is 18.0. The van der Waals surface area contributed by atoms with Crippen molar-refractivity contribution in [2.24, 2.45) is 0 Å². The molecule has 0 radical (unpaired) electrons. The zero-order valence-corrected chi connectivity index (χ0v) is 70.5. The number of aliphatic hydroxyl groups is 1.